The van der Waals surface area contributed by atoms with Gasteiger partial charge >= 0.3 is 0 Å². The first kappa shape index (κ1) is 11.0. The number of aromatic nitrogens is 2. The van der Waals surface area contributed by atoms with E-state index in [0.29, 0.717) is 17.0 Å². The lowest BCUT2D eigenvalue weighted by molar-refractivity contribution is 0.619. The SMILES string of the molecule is O=c1[nH]c2ccccc2cc1-c1nc2ccccc2o1. The molecule has 0 amide bonds. The van der Waals surface area contributed by atoms with Gasteiger partial charge in [0.1, 0.15) is 11.1 Å². The summed E-state index contributed by atoms with van der Waals surface area (Å²) in [4.78, 5) is 19.4. The van der Waals surface area contributed by atoms with Crippen LogP contribution < -0.4 is 5.56 Å². The van der Waals surface area contributed by atoms with Crippen LogP contribution in [0.1, 0.15) is 0 Å². The maximum Gasteiger partial charge on any atom is 0.261 e. The van der Waals surface area contributed by atoms with E-state index in [-0.39, 0.29) is 5.56 Å². The summed E-state index contributed by atoms with van der Waals surface area (Å²) in [7, 11) is 0. The minimum absolute atomic E-state index is 0.199. The average Bonchev–Trinajstić information content (AvgIpc) is 2.90. The van der Waals surface area contributed by atoms with Gasteiger partial charge in [-0.25, -0.2) is 4.98 Å². The Kier molecular flexibility index (Phi) is 2.23. The fraction of sp³-hybridized carbons (Fsp3) is 0. The van der Waals surface area contributed by atoms with Crippen molar-refractivity contribution in [1.82, 2.24) is 9.97 Å². The Morgan fingerprint density at radius 2 is 1.80 bits per heavy atom. The van der Waals surface area contributed by atoms with Crippen molar-refractivity contribution in [2.45, 2.75) is 0 Å². The lowest BCUT2D eigenvalue weighted by Gasteiger charge is -1.99. The Morgan fingerprint density at radius 1 is 1.00 bits per heavy atom. The highest BCUT2D eigenvalue weighted by atomic mass is 16.3. The quantitative estimate of drug-likeness (QED) is 0.572. The molecule has 0 spiro atoms. The molecule has 4 nitrogen and oxygen atoms in total. The van der Waals surface area contributed by atoms with Gasteiger partial charge in [-0.05, 0) is 29.7 Å². The number of rotatable bonds is 1. The van der Waals surface area contributed by atoms with Crippen molar-refractivity contribution in [3.8, 4) is 11.5 Å². The molecular weight excluding hydrogens is 252 g/mol. The zero-order chi connectivity index (χ0) is 13.5. The van der Waals surface area contributed by atoms with Gasteiger partial charge in [-0.15, -0.1) is 0 Å². The molecule has 0 bridgehead atoms. The molecule has 2 heterocycles. The van der Waals surface area contributed by atoms with Crippen molar-refractivity contribution >= 4 is 22.0 Å². The number of hydrogen-bond donors (Lipinski definition) is 1. The van der Waals surface area contributed by atoms with Gasteiger partial charge in [0.2, 0.25) is 5.89 Å². The molecule has 0 radical (unpaired) electrons. The molecular formula is C16H10N2O2. The average molecular weight is 262 g/mol. The zero-order valence-electron chi connectivity index (χ0n) is 10.5. The molecule has 20 heavy (non-hydrogen) atoms. The highest BCUT2D eigenvalue weighted by molar-refractivity contribution is 5.83. The lowest BCUT2D eigenvalue weighted by Crippen LogP contribution is -2.08. The summed E-state index contributed by atoms with van der Waals surface area (Å²) in [6, 6.07) is 16.9. The van der Waals surface area contributed by atoms with E-state index in [2.05, 4.69) is 9.97 Å². The van der Waals surface area contributed by atoms with Crippen molar-refractivity contribution < 1.29 is 4.42 Å². The van der Waals surface area contributed by atoms with Gasteiger partial charge in [-0.3, -0.25) is 4.79 Å². The van der Waals surface area contributed by atoms with Crippen LogP contribution in [0.3, 0.4) is 0 Å². The van der Waals surface area contributed by atoms with Gasteiger partial charge in [0, 0.05) is 5.52 Å². The minimum atomic E-state index is -0.199. The number of nitrogens with one attached hydrogen (secondary N) is 1. The summed E-state index contributed by atoms with van der Waals surface area (Å²) in [5.74, 6) is 0.346. The fourth-order valence-electron chi connectivity index (χ4n) is 2.29. The molecule has 0 unspecified atom stereocenters. The second-order valence-electron chi connectivity index (χ2n) is 4.59. The van der Waals surface area contributed by atoms with E-state index >= 15 is 0 Å². The predicted molar refractivity (Wildman–Crippen MR) is 77.6 cm³/mol. The summed E-state index contributed by atoms with van der Waals surface area (Å²) >= 11 is 0. The summed E-state index contributed by atoms with van der Waals surface area (Å²) in [6.07, 6.45) is 0. The van der Waals surface area contributed by atoms with Crippen LogP contribution in [0.5, 0.6) is 0 Å². The number of nitrogens with zero attached hydrogens (tertiary/aromatic N) is 1. The van der Waals surface area contributed by atoms with E-state index in [9.17, 15) is 4.79 Å². The molecule has 4 aromatic rings. The Balaban J connectivity index is 2.01. The number of fused-ring (bicyclic) bond motifs is 2. The monoisotopic (exact) mass is 262 g/mol. The second-order valence-corrected chi connectivity index (χ2v) is 4.59. The standard InChI is InChI=1S/C16H10N2O2/c19-15-11(9-10-5-1-2-6-12(10)17-15)16-18-13-7-3-4-8-14(13)20-16/h1-9H,(H,17,19). The van der Waals surface area contributed by atoms with Crippen LogP contribution in [-0.4, -0.2) is 9.97 Å². The first-order valence-electron chi connectivity index (χ1n) is 6.29. The van der Waals surface area contributed by atoms with E-state index in [0.717, 1.165) is 16.4 Å². The molecule has 0 aliphatic carbocycles. The number of hydrogen-bond acceptors (Lipinski definition) is 3. The van der Waals surface area contributed by atoms with Crippen LogP contribution in [0.25, 0.3) is 33.5 Å². The number of oxazole rings is 1. The van der Waals surface area contributed by atoms with Gasteiger partial charge in [0.15, 0.2) is 5.58 Å². The molecule has 4 heteroatoms. The number of para-hydroxylation sites is 3. The van der Waals surface area contributed by atoms with Gasteiger partial charge in [-0.1, -0.05) is 30.3 Å². The molecule has 4 rings (SSSR count). The van der Waals surface area contributed by atoms with Crippen LogP contribution in [-0.2, 0) is 0 Å². The van der Waals surface area contributed by atoms with Gasteiger partial charge < -0.3 is 9.40 Å². The third-order valence-corrected chi connectivity index (χ3v) is 3.28. The molecule has 2 aromatic carbocycles. The Labute approximate surface area is 113 Å². The topological polar surface area (TPSA) is 58.9 Å². The molecule has 96 valence electrons. The number of pyridine rings is 1. The van der Waals surface area contributed by atoms with Crippen LogP contribution in [0, 0.1) is 0 Å². The first-order valence-corrected chi connectivity index (χ1v) is 6.29. The Bertz CT molecular complexity index is 949. The molecule has 2 aromatic heterocycles. The van der Waals surface area contributed by atoms with Crippen LogP contribution in [0.4, 0.5) is 0 Å². The van der Waals surface area contributed by atoms with E-state index in [1.165, 1.54) is 0 Å². The summed E-state index contributed by atoms with van der Waals surface area (Å²) < 4.78 is 5.65. The Morgan fingerprint density at radius 3 is 2.70 bits per heavy atom. The number of aromatic amines is 1. The second kappa shape index (κ2) is 4.06. The van der Waals surface area contributed by atoms with E-state index < -0.39 is 0 Å². The third-order valence-electron chi connectivity index (χ3n) is 3.28. The normalized spacial score (nSPS) is 11.2. The van der Waals surface area contributed by atoms with Gasteiger partial charge in [0.05, 0.1) is 0 Å². The lowest BCUT2D eigenvalue weighted by atomic mass is 10.1. The molecule has 0 aliphatic rings. The molecule has 0 atom stereocenters. The van der Waals surface area contributed by atoms with Crippen molar-refractivity contribution in [3.05, 3.63) is 65.0 Å². The summed E-state index contributed by atoms with van der Waals surface area (Å²) in [5, 5.41) is 0.948. The van der Waals surface area contributed by atoms with Crippen LogP contribution in [0.15, 0.2) is 63.8 Å². The van der Waals surface area contributed by atoms with Crippen molar-refractivity contribution in [1.29, 1.82) is 0 Å². The van der Waals surface area contributed by atoms with E-state index in [1.807, 2.05) is 48.5 Å². The molecule has 0 aliphatic heterocycles. The maximum absolute atomic E-state index is 12.2. The predicted octanol–water partition coefficient (Wildman–Crippen LogP) is 3.34. The van der Waals surface area contributed by atoms with E-state index in [4.69, 9.17) is 4.42 Å². The smallest absolute Gasteiger partial charge is 0.261 e. The third kappa shape index (κ3) is 1.62. The molecule has 0 saturated carbocycles. The van der Waals surface area contributed by atoms with Crippen molar-refractivity contribution in [3.63, 3.8) is 0 Å². The van der Waals surface area contributed by atoms with Crippen molar-refractivity contribution in [2.75, 3.05) is 0 Å². The highest BCUT2D eigenvalue weighted by Gasteiger charge is 2.12. The number of H-pyrrole nitrogens is 1. The van der Waals surface area contributed by atoms with Crippen molar-refractivity contribution in [2.24, 2.45) is 0 Å². The van der Waals surface area contributed by atoms with Crippen LogP contribution in [0.2, 0.25) is 0 Å². The molecule has 0 fully saturated rings. The largest absolute Gasteiger partial charge is 0.436 e. The summed E-state index contributed by atoms with van der Waals surface area (Å²) in [5.41, 5.74) is 2.47. The molecule has 0 saturated heterocycles. The van der Waals surface area contributed by atoms with Crippen LogP contribution >= 0.6 is 0 Å². The highest BCUT2D eigenvalue weighted by Crippen LogP contribution is 2.23. The van der Waals surface area contributed by atoms with E-state index in [1.54, 1.807) is 6.07 Å². The zero-order valence-corrected chi connectivity index (χ0v) is 10.5. The minimum Gasteiger partial charge on any atom is -0.436 e. The Hall–Kier alpha value is -2.88. The molecule has 1 N–H and O–H groups in total. The number of benzene rings is 2. The maximum atomic E-state index is 12.2. The fourth-order valence-corrected chi connectivity index (χ4v) is 2.29. The van der Waals surface area contributed by atoms with Gasteiger partial charge in [-0.2, -0.15) is 0 Å². The first-order chi connectivity index (χ1) is 9.81. The summed E-state index contributed by atoms with van der Waals surface area (Å²) in [6.45, 7) is 0. The van der Waals surface area contributed by atoms with Gasteiger partial charge in [0.25, 0.3) is 5.56 Å².